The van der Waals surface area contributed by atoms with E-state index in [2.05, 4.69) is 10.4 Å². The normalized spacial score (nSPS) is 22.2. The third-order valence-electron chi connectivity index (χ3n) is 6.13. The van der Waals surface area contributed by atoms with Crippen LogP contribution in [0.2, 0.25) is 0 Å². The van der Waals surface area contributed by atoms with Crippen LogP contribution in [0.5, 0.6) is 0 Å². The van der Waals surface area contributed by atoms with Crippen LogP contribution in [0.15, 0.2) is 75.0 Å². The summed E-state index contributed by atoms with van der Waals surface area (Å²) in [6.45, 7) is 5.13. The van der Waals surface area contributed by atoms with Gasteiger partial charge in [0.2, 0.25) is 0 Å². The largest absolute Gasteiger partial charge is 0.467 e. The molecular weight excluding hydrogens is 448 g/mol. The number of anilines is 1. The Morgan fingerprint density at radius 2 is 1.71 bits per heavy atom. The van der Waals surface area contributed by atoms with Crippen LogP contribution in [-0.2, 0) is 9.53 Å². The summed E-state index contributed by atoms with van der Waals surface area (Å²) in [5.41, 5.74) is 2.04. The van der Waals surface area contributed by atoms with Crippen molar-refractivity contribution in [2.75, 3.05) is 25.0 Å². The first-order valence-electron chi connectivity index (χ1n) is 11.7. The first kappa shape index (κ1) is 22.9. The molecule has 182 valence electrons. The molecule has 0 spiro atoms. The minimum Gasteiger partial charge on any atom is -0.467 e. The molecule has 2 aliphatic heterocycles. The Morgan fingerprint density at radius 1 is 1.00 bits per heavy atom. The van der Waals surface area contributed by atoms with E-state index in [4.69, 9.17) is 13.6 Å². The molecule has 0 aliphatic carbocycles. The third kappa shape index (κ3) is 5.00. The number of hydrogen-bond acceptors (Lipinski definition) is 7. The zero-order valence-electron chi connectivity index (χ0n) is 19.7. The number of nitrogens with zero attached hydrogens (tertiary/aromatic N) is 3. The lowest BCUT2D eigenvalue weighted by Crippen LogP contribution is -2.48. The van der Waals surface area contributed by atoms with E-state index >= 15 is 0 Å². The second kappa shape index (κ2) is 9.79. The van der Waals surface area contributed by atoms with Crippen molar-refractivity contribution in [2.24, 2.45) is 5.10 Å². The zero-order chi connectivity index (χ0) is 24.4. The SMILES string of the molecule is CC1CN(C(=O)c2ccc(NCC(=O)N3N=C(c4ccco4)CC3c3ccco3)cc2)CC(C)O1. The highest BCUT2D eigenvalue weighted by atomic mass is 16.5. The summed E-state index contributed by atoms with van der Waals surface area (Å²) in [5, 5.41) is 9.11. The maximum atomic E-state index is 13.1. The van der Waals surface area contributed by atoms with Gasteiger partial charge in [0.15, 0.2) is 0 Å². The number of carbonyl (C=O) groups is 2. The van der Waals surface area contributed by atoms with Crippen LogP contribution in [0.4, 0.5) is 5.69 Å². The van der Waals surface area contributed by atoms with E-state index in [0.29, 0.717) is 42.3 Å². The summed E-state index contributed by atoms with van der Waals surface area (Å²) in [4.78, 5) is 27.8. The van der Waals surface area contributed by atoms with Gasteiger partial charge in [0.05, 0.1) is 31.3 Å². The maximum Gasteiger partial charge on any atom is 0.262 e. The molecule has 0 bridgehead atoms. The number of benzene rings is 1. The average Bonchev–Trinajstić information content (AvgIpc) is 3.62. The Labute approximate surface area is 203 Å². The number of amides is 2. The summed E-state index contributed by atoms with van der Waals surface area (Å²) in [6.07, 6.45) is 3.70. The molecule has 3 unspecified atom stereocenters. The Morgan fingerprint density at radius 3 is 2.37 bits per heavy atom. The molecule has 2 aliphatic rings. The van der Waals surface area contributed by atoms with Gasteiger partial charge in [0.1, 0.15) is 23.3 Å². The van der Waals surface area contributed by atoms with E-state index in [9.17, 15) is 9.59 Å². The summed E-state index contributed by atoms with van der Waals surface area (Å²) in [7, 11) is 0. The van der Waals surface area contributed by atoms with E-state index in [1.807, 2.05) is 30.9 Å². The molecule has 35 heavy (non-hydrogen) atoms. The van der Waals surface area contributed by atoms with Crippen LogP contribution in [0, 0.1) is 0 Å². The number of nitrogens with one attached hydrogen (secondary N) is 1. The van der Waals surface area contributed by atoms with Gasteiger partial charge in [-0.25, -0.2) is 5.01 Å². The quantitative estimate of drug-likeness (QED) is 0.579. The van der Waals surface area contributed by atoms with Crippen LogP contribution < -0.4 is 5.32 Å². The highest BCUT2D eigenvalue weighted by Gasteiger charge is 2.35. The summed E-state index contributed by atoms with van der Waals surface area (Å²) in [6, 6.07) is 14.1. The van der Waals surface area contributed by atoms with Crippen LogP contribution in [0.3, 0.4) is 0 Å². The Bertz CT molecular complexity index is 1180. The van der Waals surface area contributed by atoms with Gasteiger partial charge in [-0.2, -0.15) is 5.10 Å². The first-order valence-corrected chi connectivity index (χ1v) is 11.7. The Kier molecular flexibility index (Phi) is 6.41. The molecule has 5 rings (SSSR count). The predicted molar refractivity (Wildman–Crippen MR) is 129 cm³/mol. The molecule has 1 N–H and O–H groups in total. The highest BCUT2D eigenvalue weighted by Crippen LogP contribution is 2.33. The van der Waals surface area contributed by atoms with Gasteiger partial charge in [0, 0.05) is 30.8 Å². The van der Waals surface area contributed by atoms with E-state index < -0.39 is 0 Å². The summed E-state index contributed by atoms with van der Waals surface area (Å²) >= 11 is 0. The van der Waals surface area contributed by atoms with Crippen molar-refractivity contribution in [3.8, 4) is 0 Å². The van der Waals surface area contributed by atoms with Crippen molar-refractivity contribution in [1.29, 1.82) is 0 Å². The summed E-state index contributed by atoms with van der Waals surface area (Å²) in [5.74, 6) is 1.07. The predicted octanol–water partition coefficient (Wildman–Crippen LogP) is 3.91. The van der Waals surface area contributed by atoms with Crippen LogP contribution in [-0.4, -0.2) is 59.3 Å². The molecule has 2 aromatic heterocycles. The second-order valence-corrected chi connectivity index (χ2v) is 8.90. The first-order chi connectivity index (χ1) is 17.0. The van der Waals surface area contributed by atoms with Crippen LogP contribution in [0.25, 0.3) is 0 Å². The standard InChI is InChI=1S/C26H28N4O5/c1-17-15-29(16-18(2)35-17)26(32)19-7-9-20(10-8-19)27-14-25(31)30-22(24-6-4-12-34-24)13-21(28-30)23-5-3-11-33-23/h3-12,17-18,22,27H,13-16H2,1-2H3. The van der Waals surface area contributed by atoms with Gasteiger partial charge in [-0.3, -0.25) is 9.59 Å². The minimum absolute atomic E-state index is 0.0150. The van der Waals surface area contributed by atoms with E-state index in [0.717, 1.165) is 5.69 Å². The molecule has 0 saturated carbocycles. The highest BCUT2D eigenvalue weighted by molar-refractivity contribution is 6.01. The topological polar surface area (TPSA) is 101 Å². The smallest absolute Gasteiger partial charge is 0.262 e. The fourth-order valence-corrected chi connectivity index (χ4v) is 4.55. The lowest BCUT2D eigenvalue weighted by molar-refractivity contribution is -0.131. The molecule has 1 aromatic carbocycles. The maximum absolute atomic E-state index is 13.1. The van der Waals surface area contributed by atoms with Crippen molar-refractivity contribution in [3.05, 3.63) is 78.1 Å². The number of ether oxygens (including phenoxy) is 1. The van der Waals surface area contributed by atoms with Gasteiger partial charge in [-0.05, 0) is 62.4 Å². The van der Waals surface area contributed by atoms with Gasteiger partial charge in [-0.15, -0.1) is 0 Å². The molecule has 3 atom stereocenters. The minimum atomic E-state index is -0.335. The molecular formula is C26H28N4O5. The van der Waals surface area contributed by atoms with Crippen molar-refractivity contribution in [1.82, 2.24) is 9.91 Å². The van der Waals surface area contributed by atoms with Crippen LogP contribution >= 0.6 is 0 Å². The second-order valence-electron chi connectivity index (χ2n) is 8.90. The third-order valence-corrected chi connectivity index (χ3v) is 6.13. The fourth-order valence-electron chi connectivity index (χ4n) is 4.55. The fraction of sp³-hybridized carbons (Fsp3) is 0.346. The number of morpholine rings is 1. The number of furan rings is 2. The molecule has 9 nitrogen and oxygen atoms in total. The van der Waals surface area contributed by atoms with Crippen LogP contribution in [0.1, 0.15) is 48.2 Å². The van der Waals surface area contributed by atoms with Gasteiger partial charge in [-0.1, -0.05) is 0 Å². The number of carbonyl (C=O) groups excluding carboxylic acids is 2. The van der Waals surface area contributed by atoms with Crippen molar-refractivity contribution in [2.45, 2.75) is 38.5 Å². The number of rotatable bonds is 6. The Hall–Kier alpha value is -3.85. The zero-order valence-corrected chi connectivity index (χ0v) is 19.7. The molecule has 2 amide bonds. The molecule has 4 heterocycles. The lowest BCUT2D eigenvalue weighted by atomic mass is 10.1. The van der Waals surface area contributed by atoms with E-state index in [1.165, 1.54) is 5.01 Å². The van der Waals surface area contributed by atoms with Crippen molar-refractivity contribution < 1.29 is 23.2 Å². The van der Waals surface area contributed by atoms with Crippen molar-refractivity contribution >= 4 is 23.2 Å². The Balaban J connectivity index is 1.23. The molecule has 0 radical (unpaired) electrons. The molecule has 1 fully saturated rings. The van der Waals surface area contributed by atoms with E-state index in [-0.39, 0.29) is 36.6 Å². The monoisotopic (exact) mass is 476 g/mol. The molecule has 1 saturated heterocycles. The van der Waals surface area contributed by atoms with Gasteiger partial charge < -0.3 is 23.8 Å². The van der Waals surface area contributed by atoms with E-state index in [1.54, 1.807) is 48.9 Å². The van der Waals surface area contributed by atoms with Gasteiger partial charge >= 0.3 is 0 Å². The number of hydrogen-bond donors (Lipinski definition) is 1. The van der Waals surface area contributed by atoms with Crippen molar-refractivity contribution in [3.63, 3.8) is 0 Å². The molecule has 3 aromatic rings. The summed E-state index contributed by atoms with van der Waals surface area (Å²) < 4.78 is 16.8. The average molecular weight is 477 g/mol. The van der Waals surface area contributed by atoms with Gasteiger partial charge in [0.25, 0.3) is 11.8 Å². The molecule has 9 heteroatoms. The number of hydrazone groups is 1. The lowest BCUT2D eigenvalue weighted by Gasteiger charge is -2.35.